The van der Waals surface area contributed by atoms with Crippen molar-refractivity contribution in [3.05, 3.63) is 11.4 Å². The van der Waals surface area contributed by atoms with Crippen molar-refractivity contribution < 1.29 is 4.74 Å². The molecule has 0 bridgehead atoms. The van der Waals surface area contributed by atoms with Crippen molar-refractivity contribution in [3.63, 3.8) is 0 Å². The van der Waals surface area contributed by atoms with Crippen molar-refractivity contribution in [3.8, 4) is 0 Å². The van der Waals surface area contributed by atoms with Crippen LogP contribution in [0.15, 0.2) is 0 Å². The molecule has 2 heterocycles. The third-order valence-electron chi connectivity index (χ3n) is 3.13. The lowest BCUT2D eigenvalue weighted by Crippen LogP contribution is -2.43. The monoisotopic (exact) mass is 251 g/mol. The second-order valence-corrected chi connectivity index (χ2v) is 4.77. The standard InChI is InChI=1S/C12H21N5O/c1-8-11(13)15-9(2)16-12(8)14-6-10-7-17(3)4-5-18-10/h10H,4-7H2,1-3H3,(H3,13,14,15,16). The van der Waals surface area contributed by atoms with Gasteiger partial charge in [-0.05, 0) is 20.9 Å². The van der Waals surface area contributed by atoms with Gasteiger partial charge in [0.05, 0.1) is 12.7 Å². The number of nitrogens with zero attached hydrogens (tertiary/aromatic N) is 3. The van der Waals surface area contributed by atoms with E-state index in [1.807, 2.05) is 13.8 Å². The van der Waals surface area contributed by atoms with Crippen LogP contribution in [0.2, 0.25) is 0 Å². The van der Waals surface area contributed by atoms with Crippen LogP contribution < -0.4 is 11.1 Å². The molecule has 18 heavy (non-hydrogen) atoms. The molecule has 1 aromatic rings. The van der Waals surface area contributed by atoms with Crippen LogP contribution in [-0.2, 0) is 4.74 Å². The van der Waals surface area contributed by atoms with Gasteiger partial charge in [-0.3, -0.25) is 0 Å². The molecule has 0 radical (unpaired) electrons. The second kappa shape index (κ2) is 5.49. The molecule has 100 valence electrons. The minimum absolute atomic E-state index is 0.194. The van der Waals surface area contributed by atoms with E-state index in [0.29, 0.717) is 11.6 Å². The molecule has 1 fully saturated rings. The number of morpholine rings is 1. The molecule has 1 aromatic heterocycles. The first-order chi connectivity index (χ1) is 8.56. The fraction of sp³-hybridized carbons (Fsp3) is 0.667. The Labute approximate surface area is 108 Å². The first-order valence-corrected chi connectivity index (χ1v) is 6.21. The molecule has 6 nitrogen and oxygen atoms in total. The van der Waals surface area contributed by atoms with E-state index >= 15 is 0 Å². The van der Waals surface area contributed by atoms with Gasteiger partial charge in [0, 0.05) is 25.2 Å². The number of rotatable bonds is 3. The van der Waals surface area contributed by atoms with Gasteiger partial charge in [0.2, 0.25) is 0 Å². The molecule has 0 spiro atoms. The zero-order valence-corrected chi connectivity index (χ0v) is 11.2. The average Bonchev–Trinajstić information content (AvgIpc) is 2.32. The normalized spacial score (nSPS) is 20.9. The van der Waals surface area contributed by atoms with E-state index in [0.717, 1.165) is 37.6 Å². The van der Waals surface area contributed by atoms with Crippen molar-refractivity contribution >= 4 is 11.6 Å². The molecule has 1 saturated heterocycles. The maximum absolute atomic E-state index is 5.82. The molecule has 0 aliphatic carbocycles. The zero-order chi connectivity index (χ0) is 13.1. The fourth-order valence-electron chi connectivity index (χ4n) is 2.02. The highest BCUT2D eigenvalue weighted by molar-refractivity contribution is 5.54. The summed E-state index contributed by atoms with van der Waals surface area (Å²) in [6.07, 6.45) is 0.194. The Balaban J connectivity index is 1.97. The third kappa shape index (κ3) is 3.08. The Kier molecular flexibility index (Phi) is 3.98. The highest BCUT2D eigenvalue weighted by Crippen LogP contribution is 2.17. The number of nitrogens with two attached hydrogens (primary N) is 1. The van der Waals surface area contributed by atoms with Crippen molar-refractivity contribution in [1.29, 1.82) is 0 Å². The molecule has 2 rings (SSSR count). The van der Waals surface area contributed by atoms with E-state index in [-0.39, 0.29) is 6.10 Å². The Morgan fingerprint density at radius 3 is 2.94 bits per heavy atom. The van der Waals surface area contributed by atoms with E-state index in [4.69, 9.17) is 10.5 Å². The summed E-state index contributed by atoms with van der Waals surface area (Å²) in [5, 5.41) is 3.30. The maximum atomic E-state index is 5.82. The van der Waals surface area contributed by atoms with E-state index in [2.05, 4.69) is 27.2 Å². The Morgan fingerprint density at radius 1 is 1.44 bits per heavy atom. The van der Waals surface area contributed by atoms with Crippen LogP contribution in [0.1, 0.15) is 11.4 Å². The van der Waals surface area contributed by atoms with E-state index < -0.39 is 0 Å². The van der Waals surface area contributed by atoms with Crippen LogP contribution in [0.4, 0.5) is 11.6 Å². The van der Waals surface area contributed by atoms with E-state index in [1.54, 1.807) is 0 Å². The van der Waals surface area contributed by atoms with Crippen LogP contribution in [0.25, 0.3) is 0 Å². The van der Waals surface area contributed by atoms with Gasteiger partial charge in [0.1, 0.15) is 17.5 Å². The molecule has 1 aliphatic rings. The summed E-state index contributed by atoms with van der Waals surface area (Å²) in [5.41, 5.74) is 6.71. The summed E-state index contributed by atoms with van der Waals surface area (Å²) >= 11 is 0. The Bertz CT molecular complexity index is 423. The lowest BCUT2D eigenvalue weighted by molar-refractivity contribution is -0.0117. The minimum Gasteiger partial charge on any atom is -0.383 e. The largest absolute Gasteiger partial charge is 0.383 e. The first-order valence-electron chi connectivity index (χ1n) is 6.21. The molecule has 1 unspecified atom stereocenters. The Hall–Kier alpha value is -1.40. The van der Waals surface area contributed by atoms with Crippen LogP contribution in [0.5, 0.6) is 0 Å². The first kappa shape index (κ1) is 13.0. The molecule has 0 amide bonds. The summed E-state index contributed by atoms with van der Waals surface area (Å²) in [5.74, 6) is 2.02. The number of hydrogen-bond acceptors (Lipinski definition) is 6. The van der Waals surface area contributed by atoms with Crippen molar-refractivity contribution in [2.45, 2.75) is 20.0 Å². The van der Waals surface area contributed by atoms with Crippen LogP contribution in [0.3, 0.4) is 0 Å². The summed E-state index contributed by atoms with van der Waals surface area (Å²) in [6, 6.07) is 0. The van der Waals surface area contributed by atoms with Gasteiger partial charge in [-0.25, -0.2) is 9.97 Å². The summed E-state index contributed by atoms with van der Waals surface area (Å²) in [4.78, 5) is 10.8. The molecule has 1 atom stereocenters. The van der Waals surface area contributed by atoms with E-state index in [9.17, 15) is 0 Å². The topological polar surface area (TPSA) is 76.3 Å². The van der Waals surface area contributed by atoms with Gasteiger partial charge in [-0.1, -0.05) is 0 Å². The van der Waals surface area contributed by atoms with Crippen molar-refractivity contribution in [2.75, 3.05) is 44.3 Å². The quantitative estimate of drug-likeness (QED) is 0.810. The summed E-state index contributed by atoms with van der Waals surface area (Å²) in [6.45, 7) is 7.21. The second-order valence-electron chi connectivity index (χ2n) is 4.77. The van der Waals surface area contributed by atoms with E-state index in [1.165, 1.54) is 0 Å². The number of nitrogen functional groups attached to an aromatic ring is 1. The van der Waals surface area contributed by atoms with Crippen LogP contribution in [0, 0.1) is 13.8 Å². The average molecular weight is 251 g/mol. The smallest absolute Gasteiger partial charge is 0.134 e. The molecule has 0 aromatic carbocycles. The van der Waals surface area contributed by atoms with Gasteiger partial charge in [-0.2, -0.15) is 0 Å². The van der Waals surface area contributed by atoms with Gasteiger partial charge >= 0.3 is 0 Å². The van der Waals surface area contributed by atoms with Crippen molar-refractivity contribution in [1.82, 2.24) is 14.9 Å². The number of ether oxygens (including phenoxy) is 1. The molecule has 3 N–H and O–H groups in total. The molecule has 6 heteroatoms. The predicted molar refractivity (Wildman–Crippen MR) is 71.6 cm³/mol. The molecule has 0 saturated carbocycles. The SMILES string of the molecule is Cc1nc(N)c(C)c(NCC2CN(C)CCO2)n1. The number of aryl methyl sites for hydroxylation is 1. The molecular weight excluding hydrogens is 230 g/mol. The van der Waals surface area contributed by atoms with Gasteiger partial charge in [-0.15, -0.1) is 0 Å². The number of aromatic nitrogens is 2. The maximum Gasteiger partial charge on any atom is 0.134 e. The van der Waals surface area contributed by atoms with Gasteiger partial charge in [0.25, 0.3) is 0 Å². The lowest BCUT2D eigenvalue weighted by Gasteiger charge is -2.30. The number of anilines is 2. The van der Waals surface area contributed by atoms with Crippen LogP contribution in [-0.4, -0.2) is 54.3 Å². The number of nitrogens with one attached hydrogen (secondary N) is 1. The highest BCUT2D eigenvalue weighted by Gasteiger charge is 2.18. The lowest BCUT2D eigenvalue weighted by atomic mass is 10.2. The highest BCUT2D eigenvalue weighted by atomic mass is 16.5. The minimum atomic E-state index is 0.194. The van der Waals surface area contributed by atoms with Crippen LogP contribution >= 0.6 is 0 Å². The number of likely N-dealkylation sites (N-methyl/N-ethyl adjacent to an activating group) is 1. The third-order valence-corrected chi connectivity index (χ3v) is 3.13. The summed E-state index contributed by atoms with van der Waals surface area (Å²) < 4.78 is 5.69. The molecule has 1 aliphatic heterocycles. The molecular formula is C12H21N5O. The zero-order valence-electron chi connectivity index (χ0n) is 11.2. The summed E-state index contributed by atoms with van der Waals surface area (Å²) in [7, 11) is 2.10. The predicted octanol–water partition coefficient (Wildman–Crippen LogP) is 0.418. The number of hydrogen-bond donors (Lipinski definition) is 2. The van der Waals surface area contributed by atoms with Gasteiger partial charge < -0.3 is 20.7 Å². The fourth-order valence-corrected chi connectivity index (χ4v) is 2.02. The van der Waals surface area contributed by atoms with Gasteiger partial charge in [0.15, 0.2) is 0 Å². The Morgan fingerprint density at radius 2 is 2.22 bits per heavy atom. The van der Waals surface area contributed by atoms with Crippen molar-refractivity contribution in [2.24, 2.45) is 0 Å².